The van der Waals surface area contributed by atoms with Gasteiger partial charge < -0.3 is 29.2 Å². The van der Waals surface area contributed by atoms with Gasteiger partial charge in [0.1, 0.15) is 30.3 Å². The lowest BCUT2D eigenvalue weighted by molar-refractivity contribution is 0.0606. The summed E-state index contributed by atoms with van der Waals surface area (Å²) >= 11 is 0. The third-order valence-corrected chi connectivity index (χ3v) is 6.35. The lowest BCUT2D eigenvalue weighted by Crippen LogP contribution is -2.44. The molecule has 13 heteroatoms. The number of rotatable bonds is 6. The van der Waals surface area contributed by atoms with Crippen LogP contribution in [0.5, 0.6) is 11.8 Å². The van der Waals surface area contributed by atoms with Crippen molar-refractivity contribution in [2.24, 2.45) is 0 Å². The van der Waals surface area contributed by atoms with Crippen LogP contribution in [0, 0.1) is 0 Å². The maximum Gasteiger partial charge on any atom is 0.341 e. The smallest absolute Gasteiger partial charge is 0.341 e. The molecule has 0 unspecified atom stereocenters. The van der Waals surface area contributed by atoms with Crippen LogP contribution in [0.15, 0.2) is 43.0 Å². The fraction of sp³-hybridized carbons (Fsp3) is 0.455. The summed E-state index contributed by atoms with van der Waals surface area (Å²) in [5.74, 6) is 0.349. The van der Waals surface area contributed by atoms with E-state index < -0.39 is 0 Å². The van der Waals surface area contributed by atoms with E-state index in [2.05, 4.69) is 35.7 Å². The van der Waals surface area contributed by atoms with Crippen molar-refractivity contribution in [2.75, 3.05) is 44.4 Å². The number of carbonyl (C=O) groups is 1. The Bertz CT molecular complexity index is 1170. The van der Waals surface area contributed by atoms with Gasteiger partial charge in [-0.05, 0) is 22.6 Å². The molecule has 3 saturated heterocycles. The van der Waals surface area contributed by atoms with Crippen molar-refractivity contribution in [3.05, 3.63) is 48.5 Å². The molecule has 182 valence electrons. The van der Waals surface area contributed by atoms with Crippen LogP contribution >= 0.6 is 0 Å². The van der Waals surface area contributed by atoms with E-state index in [0.29, 0.717) is 37.7 Å². The lowest BCUT2D eigenvalue weighted by atomic mass is 10.1. The molecule has 13 nitrogen and oxygen atoms in total. The van der Waals surface area contributed by atoms with Gasteiger partial charge in [-0.2, -0.15) is 4.68 Å². The van der Waals surface area contributed by atoms with Gasteiger partial charge in [-0.3, -0.25) is 4.79 Å². The number of tetrazole rings is 1. The molecular formula is C22H24N8O5. The number of fused-ring (bicyclic) bond motifs is 1. The quantitative estimate of drug-likeness (QED) is 0.519. The lowest BCUT2D eigenvalue weighted by Gasteiger charge is -2.29. The normalized spacial score (nSPS) is 25.9. The number of hydrogen-bond donors (Lipinski definition) is 1. The summed E-state index contributed by atoms with van der Waals surface area (Å²) in [6.45, 7) is 3.70. The minimum absolute atomic E-state index is 0.246. The fourth-order valence-electron chi connectivity index (χ4n) is 4.61. The number of ether oxygens (including phenoxy) is 4. The third-order valence-electron chi connectivity index (χ3n) is 6.35. The van der Waals surface area contributed by atoms with Crippen LogP contribution < -0.4 is 15.0 Å². The first-order valence-electron chi connectivity index (χ1n) is 11.4. The molecule has 1 N–H and O–H groups in total. The van der Waals surface area contributed by atoms with Crippen LogP contribution in [0.25, 0.3) is 0 Å². The van der Waals surface area contributed by atoms with Crippen molar-refractivity contribution < 1.29 is 23.7 Å². The molecule has 3 aromatic rings. The maximum atomic E-state index is 12.5. The Morgan fingerprint density at radius 1 is 1.09 bits per heavy atom. The molecule has 0 radical (unpaired) electrons. The topological polar surface area (TPSA) is 139 Å². The van der Waals surface area contributed by atoms with Gasteiger partial charge >= 0.3 is 6.01 Å². The van der Waals surface area contributed by atoms with Crippen molar-refractivity contribution in [2.45, 2.75) is 24.3 Å². The Morgan fingerprint density at radius 3 is 2.77 bits per heavy atom. The Kier molecular flexibility index (Phi) is 5.94. The fourth-order valence-corrected chi connectivity index (χ4v) is 4.61. The Balaban J connectivity index is 1.14. The number of morpholine rings is 1. The van der Waals surface area contributed by atoms with Crippen molar-refractivity contribution in [1.29, 1.82) is 0 Å². The number of benzene rings is 1. The number of amides is 1. The highest BCUT2D eigenvalue weighted by atomic mass is 16.6. The van der Waals surface area contributed by atoms with Crippen LogP contribution in [-0.2, 0) is 14.2 Å². The molecule has 2 aromatic heterocycles. The van der Waals surface area contributed by atoms with Crippen LogP contribution in [0.3, 0.4) is 0 Å². The van der Waals surface area contributed by atoms with E-state index in [1.165, 1.54) is 18.7 Å². The van der Waals surface area contributed by atoms with Gasteiger partial charge in [0.15, 0.2) is 0 Å². The molecule has 35 heavy (non-hydrogen) atoms. The summed E-state index contributed by atoms with van der Waals surface area (Å²) in [5.41, 5.74) is 1.43. The van der Waals surface area contributed by atoms with Gasteiger partial charge in [0.25, 0.3) is 5.91 Å². The standard InChI is InChI=1S/C22H24N8O5/c31-21(14-9-23-13-24-10-14)25-17-11-33-20-18(12-34-19(17)20)30-22(26-27-28-30)35-16-3-1-2-15(8-16)29-4-6-32-7-5-29/h1-3,8-10,13,17-20H,4-7,11-12H2,(H,25,31)/t17-,18+,19-,20+/m0/s1. The van der Waals surface area contributed by atoms with E-state index in [0.717, 1.165) is 18.8 Å². The molecule has 1 aromatic carbocycles. The molecule has 0 bridgehead atoms. The number of aromatic nitrogens is 6. The van der Waals surface area contributed by atoms with Gasteiger partial charge in [0.05, 0.1) is 38.0 Å². The monoisotopic (exact) mass is 480 g/mol. The SMILES string of the molecule is O=C(N[C@H]1CO[C@H]2[C@H]1OC[C@H]2n1nnnc1Oc1cccc(N2CCOCC2)c1)c1cncnc1. The Morgan fingerprint density at radius 2 is 1.91 bits per heavy atom. The van der Waals surface area contributed by atoms with E-state index in [-0.39, 0.29) is 36.2 Å². The van der Waals surface area contributed by atoms with E-state index in [9.17, 15) is 4.79 Å². The predicted octanol–water partition coefficient (Wildman–Crippen LogP) is 0.229. The highest BCUT2D eigenvalue weighted by Gasteiger charge is 2.50. The van der Waals surface area contributed by atoms with Crippen molar-refractivity contribution in [3.8, 4) is 11.8 Å². The molecule has 0 saturated carbocycles. The summed E-state index contributed by atoms with van der Waals surface area (Å²) in [6, 6.07) is 7.44. The van der Waals surface area contributed by atoms with Crippen LogP contribution in [0.1, 0.15) is 16.4 Å². The largest absolute Gasteiger partial charge is 0.423 e. The number of nitrogens with zero attached hydrogens (tertiary/aromatic N) is 7. The first-order valence-corrected chi connectivity index (χ1v) is 11.4. The van der Waals surface area contributed by atoms with Gasteiger partial charge in [-0.25, -0.2) is 9.97 Å². The van der Waals surface area contributed by atoms with Crippen LogP contribution in [0.4, 0.5) is 5.69 Å². The molecule has 4 atom stereocenters. The number of carbonyl (C=O) groups excluding carboxylic acids is 1. The third kappa shape index (κ3) is 4.40. The minimum atomic E-state index is -0.338. The van der Waals surface area contributed by atoms with Crippen molar-refractivity contribution >= 4 is 11.6 Å². The zero-order valence-corrected chi connectivity index (χ0v) is 18.8. The highest BCUT2D eigenvalue weighted by molar-refractivity contribution is 5.93. The number of anilines is 1. The van der Waals surface area contributed by atoms with Gasteiger partial charge in [0, 0.05) is 37.2 Å². The Hall–Kier alpha value is -3.68. The summed E-state index contributed by atoms with van der Waals surface area (Å²) in [5, 5.41) is 15.0. The first-order chi connectivity index (χ1) is 17.3. The second-order valence-electron chi connectivity index (χ2n) is 8.48. The molecule has 0 aliphatic carbocycles. The molecule has 3 aliphatic heterocycles. The number of nitrogens with one attached hydrogen (secondary N) is 1. The summed E-state index contributed by atoms with van der Waals surface area (Å²) < 4.78 is 25.1. The van der Waals surface area contributed by atoms with Crippen molar-refractivity contribution in [3.63, 3.8) is 0 Å². The van der Waals surface area contributed by atoms with Gasteiger partial charge in [-0.15, -0.1) is 0 Å². The van der Waals surface area contributed by atoms with E-state index in [4.69, 9.17) is 18.9 Å². The molecule has 3 fully saturated rings. The average molecular weight is 480 g/mol. The molecular weight excluding hydrogens is 456 g/mol. The molecule has 6 rings (SSSR count). The minimum Gasteiger partial charge on any atom is -0.423 e. The van der Waals surface area contributed by atoms with Crippen molar-refractivity contribution in [1.82, 2.24) is 35.5 Å². The van der Waals surface area contributed by atoms with Gasteiger partial charge in [-0.1, -0.05) is 11.2 Å². The predicted molar refractivity (Wildman–Crippen MR) is 119 cm³/mol. The summed E-state index contributed by atoms with van der Waals surface area (Å²) in [7, 11) is 0. The first kappa shape index (κ1) is 21.8. The van der Waals surface area contributed by atoms with Crippen LogP contribution in [-0.4, -0.2) is 93.8 Å². The highest BCUT2D eigenvalue weighted by Crippen LogP contribution is 2.36. The zero-order chi connectivity index (χ0) is 23.6. The second-order valence-corrected chi connectivity index (χ2v) is 8.48. The van der Waals surface area contributed by atoms with E-state index in [1.54, 1.807) is 4.68 Å². The average Bonchev–Trinajstić information content (AvgIpc) is 3.63. The molecule has 3 aliphatic rings. The number of hydrogen-bond acceptors (Lipinski definition) is 11. The molecule has 1 amide bonds. The van der Waals surface area contributed by atoms with Gasteiger partial charge in [0.2, 0.25) is 0 Å². The van der Waals surface area contributed by atoms with E-state index in [1.807, 2.05) is 24.3 Å². The van der Waals surface area contributed by atoms with Crippen LogP contribution in [0.2, 0.25) is 0 Å². The summed E-state index contributed by atoms with van der Waals surface area (Å²) in [4.78, 5) is 22.5. The molecule has 5 heterocycles. The Labute approximate surface area is 200 Å². The van der Waals surface area contributed by atoms with E-state index >= 15 is 0 Å². The second kappa shape index (κ2) is 9.52. The summed E-state index contributed by atoms with van der Waals surface area (Å²) in [6.07, 6.45) is 3.63. The maximum absolute atomic E-state index is 12.5. The molecule has 0 spiro atoms. The zero-order valence-electron chi connectivity index (χ0n) is 18.8.